The molecule has 0 saturated heterocycles. The van der Waals surface area contributed by atoms with Gasteiger partial charge in [0.25, 0.3) is 0 Å². The number of amides is 1. The molecule has 1 aromatic heterocycles. The van der Waals surface area contributed by atoms with Gasteiger partial charge < -0.3 is 15.0 Å². The number of carbonyl (C=O) groups is 1. The number of hydrogen-bond donors (Lipinski definition) is 1. The monoisotopic (exact) mass is 359 g/mol. The first-order valence-corrected chi connectivity index (χ1v) is 9.33. The largest absolute Gasteiger partial charge is 0.496 e. The molecule has 0 aliphatic carbocycles. The van der Waals surface area contributed by atoms with Crippen LogP contribution < -0.4 is 15.0 Å². The highest BCUT2D eigenvalue weighted by molar-refractivity contribution is 7.15. The molecule has 2 heterocycles. The molecule has 1 aromatic carbocycles. The Balaban J connectivity index is 2.15. The highest BCUT2D eigenvalue weighted by Gasteiger charge is 2.30. The first kappa shape index (κ1) is 17.7. The summed E-state index contributed by atoms with van der Waals surface area (Å²) in [5.41, 5.74) is 3.28. The zero-order valence-corrected chi connectivity index (χ0v) is 16.2. The molecule has 1 unspecified atom stereocenters. The number of thiazole rings is 1. The summed E-state index contributed by atoms with van der Waals surface area (Å²) in [4.78, 5) is 20.2. The van der Waals surface area contributed by atoms with Crippen molar-refractivity contribution < 1.29 is 9.53 Å². The number of ether oxygens (including phenoxy) is 1. The van der Waals surface area contributed by atoms with E-state index >= 15 is 0 Å². The maximum absolute atomic E-state index is 12.3. The molecule has 1 N–H and O–H groups in total. The Kier molecular flexibility index (Phi) is 4.99. The van der Waals surface area contributed by atoms with Crippen LogP contribution in [0.5, 0.6) is 5.75 Å². The molecule has 25 heavy (non-hydrogen) atoms. The van der Waals surface area contributed by atoms with Crippen molar-refractivity contribution in [1.29, 1.82) is 0 Å². The third-order valence-corrected chi connectivity index (χ3v) is 5.93. The average molecular weight is 359 g/mol. The lowest BCUT2D eigenvalue weighted by atomic mass is 9.89. The SMILES string of the molecule is COc1ccc(C(C)C)cc1C1CC(=O)NCc2nc(N(C)C)sc21. The van der Waals surface area contributed by atoms with Crippen molar-refractivity contribution in [2.75, 3.05) is 26.1 Å². The molecule has 1 aliphatic heterocycles. The maximum Gasteiger partial charge on any atom is 0.221 e. The van der Waals surface area contributed by atoms with Crippen molar-refractivity contribution in [2.24, 2.45) is 0 Å². The number of benzene rings is 1. The Morgan fingerprint density at radius 1 is 1.36 bits per heavy atom. The number of nitrogens with one attached hydrogen (secondary N) is 1. The smallest absolute Gasteiger partial charge is 0.221 e. The van der Waals surface area contributed by atoms with E-state index in [9.17, 15) is 4.79 Å². The first-order chi connectivity index (χ1) is 11.9. The summed E-state index contributed by atoms with van der Waals surface area (Å²) in [6.07, 6.45) is 0.417. The van der Waals surface area contributed by atoms with Gasteiger partial charge in [-0.3, -0.25) is 4.79 Å². The Morgan fingerprint density at radius 3 is 2.76 bits per heavy atom. The first-order valence-electron chi connectivity index (χ1n) is 8.52. The van der Waals surface area contributed by atoms with Gasteiger partial charge in [0.05, 0.1) is 19.3 Å². The van der Waals surface area contributed by atoms with Crippen molar-refractivity contribution in [2.45, 2.75) is 38.6 Å². The molecular weight excluding hydrogens is 334 g/mol. The van der Waals surface area contributed by atoms with Crippen LogP contribution in [0.4, 0.5) is 5.13 Å². The number of hydrogen-bond acceptors (Lipinski definition) is 5. The lowest BCUT2D eigenvalue weighted by Gasteiger charge is -2.19. The van der Waals surface area contributed by atoms with Crippen LogP contribution in [-0.2, 0) is 11.3 Å². The standard InChI is InChI=1S/C19H25N3O2S/c1-11(2)12-6-7-16(24-5)13(8-12)14-9-17(23)20-10-15-18(14)25-19(21-15)22(3)4/h6-8,11,14H,9-10H2,1-5H3,(H,20,23). The highest BCUT2D eigenvalue weighted by Crippen LogP contribution is 2.42. The van der Waals surface area contributed by atoms with Crippen LogP contribution in [0, 0.1) is 0 Å². The molecular formula is C19H25N3O2S. The Morgan fingerprint density at radius 2 is 2.12 bits per heavy atom. The van der Waals surface area contributed by atoms with Crippen LogP contribution in [0.2, 0.25) is 0 Å². The van der Waals surface area contributed by atoms with E-state index in [1.807, 2.05) is 25.1 Å². The van der Waals surface area contributed by atoms with Crippen LogP contribution in [0.3, 0.4) is 0 Å². The molecule has 0 radical (unpaired) electrons. The zero-order valence-electron chi connectivity index (χ0n) is 15.4. The molecule has 0 fully saturated rings. The van der Waals surface area contributed by atoms with E-state index in [-0.39, 0.29) is 11.8 Å². The summed E-state index contributed by atoms with van der Waals surface area (Å²) in [6.45, 7) is 4.84. The van der Waals surface area contributed by atoms with Crippen LogP contribution in [0.25, 0.3) is 0 Å². The summed E-state index contributed by atoms with van der Waals surface area (Å²) in [5, 5.41) is 3.94. The molecule has 6 heteroatoms. The average Bonchev–Trinajstić information content (AvgIpc) is 2.95. The molecule has 134 valence electrons. The van der Waals surface area contributed by atoms with E-state index in [4.69, 9.17) is 9.72 Å². The lowest BCUT2D eigenvalue weighted by Crippen LogP contribution is -2.21. The van der Waals surface area contributed by atoms with Gasteiger partial charge in [0.15, 0.2) is 5.13 Å². The van der Waals surface area contributed by atoms with Crippen molar-refractivity contribution in [3.05, 3.63) is 39.9 Å². The number of carbonyl (C=O) groups excluding carboxylic acids is 1. The van der Waals surface area contributed by atoms with Gasteiger partial charge in [-0.2, -0.15) is 0 Å². The molecule has 1 amide bonds. The number of anilines is 1. The molecule has 0 spiro atoms. The summed E-state index contributed by atoms with van der Waals surface area (Å²) >= 11 is 1.66. The quantitative estimate of drug-likeness (QED) is 0.908. The predicted octanol–water partition coefficient (Wildman–Crippen LogP) is 3.49. The second-order valence-corrected chi connectivity index (χ2v) is 7.90. The summed E-state index contributed by atoms with van der Waals surface area (Å²) in [5.74, 6) is 1.27. The van der Waals surface area contributed by atoms with Crippen LogP contribution in [0.1, 0.15) is 53.8 Å². The van der Waals surface area contributed by atoms with E-state index in [2.05, 4.69) is 31.3 Å². The molecule has 5 nitrogen and oxygen atoms in total. The lowest BCUT2D eigenvalue weighted by molar-refractivity contribution is -0.121. The van der Waals surface area contributed by atoms with Crippen LogP contribution in [0.15, 0.2) is 18.2 Å². The van der Waals surface area contributed by atoms with Gasteiger partial charge in [0.2, 0.25) is 5.91 Å². The predicted molar refractivity (Wildman–Crippen MR) is 102 cm³/mol. The van der Waals surface area contributed by atoms with E-state index in [0.29, 0.717) is 18.9 Å². The van der Waals surface area contributed by atoms with Crippen molar-refractivity contribution in [3.8, 4) is 5.75 Å². The van der Waals surface area contributed by atoms with Crippen molar-refractivity contribution in [1.82, 2.24) is 10.3 Å². The highest BCUT2D eigenvalue weighted by atomic mass is 32.1. The zero-order chi connectivity index (χ0) is 18.1. The molecule has 3 rings (SSSR count). The Bertz CT molecular complexity index is 783. The summed E-state index contributed by atoms with van der Waals surface area (Å²) in [7, 11) is 5.67. The number of aromatic nitrogens is 1. The Hall–Kier alpha value is -2.08. The number of methoxy groups -OCH3 is 1. The van der Waals surface area contributed by atoms with Crippen molar-refractivity contribution in [3.63, 3.8) is 0 Å². The van der Waals surface area contributed by atoms with E-state index in [0.717, 1.165) is 27.0 Å². The molecule has 0 saturated carbocycles. The summed E-state index contributed by atoms with van der Waals surface area (Å²) < 4.78 is 5.62. The minimum Gasteiger partial charge on any atom is -0.496 e. The topological polar surface area (TPSA) is 54.5 Å². The van der Waals surface area contributed by atoms with Crippen LogP contribution >= 0.6 is 11.3 Å². The third-order valence-electron chi connectivity index (χ3n) is 4.55. The Labute approximate surface area is 153 Å². The van der Waals surface area contributed by atoms with Gasteiger partial charge >= 0.3 is 0 Å². The van der Waals surface area contributed by atoms with E-state index in [1.54, 1.807) is 18.4 Å². The van der Waals surface area contributed by atoms with Gasteiger partial charge in [-0.25, -0.2) is 4.98 Å². The minimum atomic E-state index is -0.0302. The van der Waals surface area contributed by atoms with Gasteiger partial charge in [-0.1, -0.05) is 26.0 Å². The second kappa shape index (κ2) is 7.04. The van der Waals surface area contributed by atoms with Gasteiger partial charge in [0, 0.05) is 36.9 Å². The maximum atomic E-state index is 12.3. The fourth-order valence-corrected chi connectivity index (χ4v) is 4.23. The minimum absolute atomic E-state index is 0.0302. The number of nitrogens with zero attached hydrogens (tertiary/aromatic N) is 2. The normalized spacial score (nSPS) is 17.0. The van der Waals surface area contributed by atoms with E-state index < -0.39 is 0 Å². The van der Waals surface area contributed by atoms with Crippen LogP contribution in [-0.4, -0.2) is 32.1 Å². The van der Waals surface area contributed by atoms with Gasteiger partial charge in [-0.05, 0) is 17.5 Å². The molecule has 1 aliphatic rings. The second-order valence-electron chi connectivity index (χ2n) is 6.89. The number of fused-ring (bicyclic) bond motifs is 1. The molecule has 1 atom stereocenters. The fourth-order valence-electron chi connectivity index (χ4n) is 3.11. The third kappa shape index (κ3) is 3.49. The van der Waals surface area contributed by atoms with E-state index in [1.165, 1.54) is 5.56 Å². The summed E-state index contributed by atoms with van der Waals surface area (Å²) in [6, 6.07) is 6.30. The fraction of sp³-hybridized carbons (Fsp3) is 0.474. The number of rotatable bonds is 4. The van der Waals surface area contributed by atoms with Crippen molar-refractivity contribution >= 4 is 22.4 Å². The van der Waals surface area contributed by atoms with Gasteiger partial charge in [0.1, 0.15) is 5.75 Å². The van der Waals surface area contributed by atoms with Gasteiger partial charge in [-0.15, -0.1) is 11.3 Å². The molecule has 0 bridgehead atoms. The molecule has 2 aromatic rings.